The largest absolute Gasteiger partial charge is 0.493 e. The molecule has 0 aliphatic carbocycles. The summed E-state index contributed by atoms with van der Waals surface area (Å²) in [7, 11) is 1.68. The van der Waals surface area contributed by atoms with E-state index < -0.39 is 0 Å². The molecule has 0 spiro atoms. The first-order valence-corrected chi connectivity index (χ1v) is 7.55. The summed E-state index contributed by atoms with van der Waals surface area (Å²) in [6, 6.07) is 9.56. The summed E-state index contributed by atoms with van der Waals surface area (Å²) in [5.41, 5.74) is 6.10. The Labute approximate surface area is 120 Å². The van der Waals surface area contributed by atoms with Crippen LogP contribution in [0.5, 0.6) is 11.5 Å². The van der Waals surface area contributed by atoms with Crippen LogP contribution in [0.2, 0.25) is 0 Å². The molecule has 2 unspecified atom stereocenters. The number of methoxy groups -OCH3 is 1. The highest BCUT2D eigenvalue weighted by Crippen LogP contribution is 2.34. The van der Waals surface area contributed by atoms with Gasteiger partial charge in [-0.25, -0.2) is 0 Å². The highest BCUT2D eigenvalue weighted by Gasteiger charge is 2.39. The van der Waals surface area contributed by atoms with E-state index in [1.165, 1.54) is 12.8 Å². The Morgan fingerprint density at radius 1 is 1.15 bits per heavy atom. The molecule has 1 aromatic carbocycles. The zero-order chi connectivity index (χ0) is 13.9. The summed E-state index contributed by atoms with van der Waals surface area (Å²) < 4.78 is 11.2. The van der Waals surface area contributed by atoms with Gasteiger partial charge >= 0.3 is 0 Å². The summed E-state index contributed by atoms with van der Waals surface area (Å²) >= 11 is 0. The number of nitrogens with zero attached hydrogens (tertiary/aromatic N) is 1. The number of hydrogen-bond donors (Lipinski definition) is 1. The van der Waals surface area contributed by atoms with Crippen molar-refractivity contribution in [3.05, 3.63) is 24.3 Å². The molecule has 2 heterocycles. The minimum atomic E-state index is 0.402. The van der Waals surface area contributed by atoms with E-state index in [4.69, 9.17) is 15.2 Å². The van der Waals surface area contributed by atoms with Crippen LogP contribution in [-0.4, -0.2) is 43.3 Å². The van der Waals surface area contributed by atoms with Crippen molar-refractivity contribution in [1.82, 2.24) is 4.90 Å². The minimum Gasteiger partial charge on any atom is -0.493 e. The fourth-order valence-electron chi connectivity index (χ4n) is 3.68. The van der Waals surface area contributed by atoms with Gasteiger partial charge in [-0.2, -0.15) is 0 Å². The number of ether oxygens (including phenoxy) is 2. The first-order chi connectivity index (χ1) is 9.78. The standard InChI is InChI=1S/C16H24N2O2/c1-19-15-4-2-3-5-16(15)20-9-8-18-13-6-7-14(18)11-12(17)10-13/h2-5,12-14H,6-11,17H2,1H3. The van der Waals surface area contributed by atoms with Crippen LogP contribution in [0.3, 0.4) is 0 Å². The molecule has 0 radical (unpaired) electrons. The van der Waals surface area contributed by atoms with Crippen molar-refractivity contribution in [3.63, 3.8) is 0 Å². The third-order valence-electron chi connectivity index (χ3n) is 4.60. The van der Waals surface area contributed by atoms with Gasteiger partial charge in [-0.1, -0.05) is 12.1 Å². The molecular formula is C16H24N2O2. The Kier molecular flexibility index (Phi) is 4.13. The maximum atomic E-state index is 6.10. The molecule has 110 valence electrons. The van der Waals surface area contributed by atoms with Gasteiger partial charge in [-0.15, -0.1) is 0 Å². The van der Waals surface area contributed by atoms with E-state index in [-0.39, 0.29) is 0 Å². The van der Waals surface area contributed by atoms with Gasteiger partial charge in [0.1, 0.15) is 6.61 Å². The molecule has 1 aromatic rings. The molecule has 3 rings (SSSR count). The summed E-state index contributed by atoms with van der Waals surface area (Å²) in [4.78, 5) is 2.60. The van der Waals surface area contributed by atoms with E-state index in [1.807, 2.05) is 24.3 Å². The Balaban J connectivity index is 1.53. The molecule has 20 heavy (non-hydrogen) atoms. The summed E-state index contributed by atoms with van der Waals surface area (Å²) in [5, 5.41) is 0. The maximum absolute atomic E-state index is 6.10. The number of fused-ring (bicyclic) bond motifs is 2. The highest BCUT2D eigenvalue weighted by atomic mass is 16.5. The summed E-state index contributed by atoms with van der Waals surface area (Å²) in [6.45, 7) is 1.70. The number of nitrogens with two attached hydrogens (primary N) is 1. The molecule has 0 saturated carbocycles. The van der Waals surface area contributed by atoms with Crippen molar-refractivity contribution in [3.8, 4) is 11.5 Å². The maximum Gasteiger partial charge on any atom is 0.161 e. The highest BCUT2D eigenvalue weighted by molar-refractivity contribution is 5.39. The van der Waals surface area contributed by atoms with Crippen LogP contribution >= 0.6 is 0 Å². The smallest absolute Gasteiger partial charge is 0.161 e. The second-order valence-electron chi connectivity index (χ2n) is 5.85. The van der Waals surface area contributed by atoms with Crippen molar-refractivity contribution in [2.75, 3.05) is 20.3 Å². The van der Waals surface area contributed by atoms with Gasteiger partial charge in [-0.3, -0.25) is 4.90 Å². The zero-order valence-corrected chi connectivity index (χ0v) is 12.1. The number of rotatable bonds is 5. The second kappa shape index (κ2) is 6.02. The van der Waals surface area contributed by atoms with Crippen LogP contribution in [0.15, 0.2) is 24.3 Å². The molecule has 2 bridgehead atoms. The van der Waals surface area contributed by atoms with E-state index in [0.29, 0.717) is 24.7 Å². The van der Waals surface area contributed by atoms with Gasteiger partial charge in [0.25, 0.3) is 0 Å². The van der Waals surface area contributed by atoms with Gasteiger partial charge in [0.15, 0.2) is 11.5 Å². The second-order valence-corrected chi connectivity index (χ2v) is 5.85. The predicted octanol–water partition coefficient (Wildman–Crippen LogP) is 2.03. The van der Waals surface area contributed by atoms with Crippen LogP contribution in [0.25, 0.3) is 0 Å². The van der Waals surface area contributed by atoms with Gasteiger partial charge in [0.2, 0.25) is 0 Å². The lowest BCUT2D eigenvalue weighted by atomic mass is 9.98. The Bertz CT molecular complexity index is 438. The Morgan fingerprint density at radius 2 is 1.80 bits per heavy atom. The Hall–Kier alpha value is -1.26. The molecule has 2 saturated heterocycles. The number of piperidine rings is 1. The molecule has 2 fully saturated rings. The topological polar surface area (TPSA) is 47.7 Å². The average molecular weight is 276 g/mol. The van der Waals surface area contributed by atoms with E-state index >= 15 is 0 Å². The third-order valence-corrected chi connectivity index (χ3v) is 4.60. The third kappa shape index (κ3) is 2.76. The lowest BCUT2D eigenvalue weighted by Gasteiger charge is -2.37. The van der Waals surface area contributed by atoms with E-state index in [0.717, 1.165) is 30.9 Å². The van der Waals surface area contributed by atoms with Gasteiger partial charge in [0.05, 0.1) is 7.11 Å². The number of hydrogen-bond acceptors (Lipinski definition) is 4. The zero-order valence-electron chi connectivity index (χ0n) is 12.1. The molecule has 2 atom stereocenters. The lowest BCUT2D eigenvalue weighted by molar-refractivity contribution is 0.106. The van der Waals surface area contributed by atoms with Crippen molar-refractivity contribution >= 4 is 0 Å². The van der Waals surface area contributed by atoms with Gasteiger partial charge < -0.3 is 15.2 Å². The number of para-hydroxylation sites is 2. The van der Waals surface area contributed by atoms with Crippen molar-refractivity contribution < 1.29 is 9.47 Å². The molecule has 2 N–H and O–H groups in total. The predicted molar refractivity (Wildman–Crippen MR) is 79.2 cm³/mol. The SMILES string of the molecule is COc1ccccc1OCCN1C2CCC1CC(N)C2. The van der Waals surface area contributed by atoms with Crippen LogP contribution in [0.4, 0.5) is 0 Å². The first-order valence-electron chi connectivity index (χ1n) is 7.55. The molecule has 2 aliphatic heterocycles. The molecule has 2 aliphatic rings. The summed E-state index contributed by atoms with van der Waals surface area (Å²) in [5.74, 6) is 1.63. The van der Waals surface area contributed by atoms with E-state index in [2.05, 4.69) is 4.90 Å². The fraction of sp³-hybridized carbons (Fsp3) is 0.625. The van der Waals surface area contributed by atoms with Gasteiger partial charge in [0, 0.05) is 24.7 Å². The Morgan fingerprint density at radius 3 is 2.45 bits per heavy atom. The lowest BCUT2D eigenvalue weighted by Crippen LogP contribution is -2.48. The monoisotopic (exact) mass is 276 g/mol. The quantitative estimate of drug-likeness (QED) is 0.894. The number of benzene rings is 1. The molecule has 4 nitrogen and oxygen atoms in total. The van der Waals surface area contributed by atoms with Crippen LogP contribution < -0.4 is 15.2 Å². The molecule has 0 amide bonds. The van der Waals surface area contributed by atoms with Crippen LogP contribution in [0, 0.1) is 0 Å². The normalized spacial score (nSPS) is 29.4. The van der Waals surface area contributed by atoms with E-state index in [1.54, 1.807) is 7.11 Å². The van der Waals surface area contributed by atoms with Crippen molar-refractivity contribution in [1.29, 1.82) is 0 Å². The van der Waals surface area contributed by atoms with Crippen LogP contribution in [0.1, 0.15) is 25.7 Å². The van der Waals surface area contributed by atoms with Crippen molar-refractivity contribution in [2.45, 2.75) is 43.8 Å². The fourth-order valence-corrected chi connectivity index (χ4v) is 3.68. The van der Waals surface area contributed by atoms with E-state index in [9.17, 15) is 0 Å². The average Bonchev–Trinajstić information content (AvgIpc) is 2.70. The molecule has 4 heteroatoms. The van der Waals surface area contributed by atoms with Crippen LogP contribution in [-0.2, 0) is 0 Å². The van der Waals surface area contributed by atoms with Gasteiger partial charge in [-0.05, 0) is 37.8 Å². The molecular weight excluding hydrogens is 252 g/mol. The van der Waals surface area contributed by atoms with Crippen molar-refractivity contribution in [2.24, 2.45) is 5.73 Å². The molecule has 0 aromatic heterocycles. The summed E-state index contributed by atoms with van der Waals surface area (Å²) in [6.07, 6.45) is 4.89. The first kappa shape index (κ1) is 13.7. The minimum absolute atomic E-state index is 0.402.